The molecule has 0 saturated carbocycles. The maximum atomic E-state index is 12.2. The second-order valence-corrected chi connectivity index (χ2v) is 6.86. The second-order valence-electron chi connectivity index (χ2n) is 6.86. The molecule has 2 aromatic rings. The highest BCUT2D eigenvalue weighted by Gasteiger charge is 2.22. The smallest absolute Gasteiger partial charge is 0.234 e. The van der Waals surface area contributed by atoms with Crippen LogP contribution in [0, 0.1) is 19.8 Å². The third kappa shape index (κ3) is 5.13. The number of likely N-dealkylation sites (tertiary alicyclic amines) is 1. The van der Waals surface area contributed by atoms with Gasteiger partial charge in [0.25, 0.3) is 0 Å². The van der Waals surface area contributed by atoms with Gasteiger partial charge in [0.2, 0.25) is 11.8 Å². The van der Waals surface area contributed by atoms with E-state index in [0.29, 0.717) is 24.9 Å². The van der Waals surface area contributed by atoms with Crippen LogP contribution in [0.25, 0.3) is 0 Å². The largest absolute Gasteiger partial charge is 0.351 e. The Balaban J connectivity index is 1.38. The topological polar surface area (TPSA) is 71.3 Å². The highest BCUT2D eigenvalue weighted by atomic mass is 16.5. The van der Waals surface area contributed by atoms with Crippen LogP contribution in [0.1, 0.15) is 35.7 Å². The van der Waals surface area contributed by atoms with Crippen LogP contribution < -0.4 is 5.32 Å². The van der Waals surface area contributed by atoms with E-state index in [0.717, 1.165) is 38.2 Å². The zero-order valence-corrected chi connectivity index (χ0v) is 15.0. The Hall–Kier alpha value is -2.21. The molecule has 2 heterocycles. The van der Waals surface area contributed by atoms with Crippen LogP contribution in [0.15, 0.2) is 28.8 Å². The molecule has 6 nitrogen and oxygen atoms in total. The molecule has 25 heavy (non-hydrogen) atoms. The fourth-order valence-corrected chi connectivity index (χ4v) is 3.29. The molecule has 1 aromatic carbocycles. The Labute approximate surface area is 148 Å². The van der Waals surface area contributed by atoms with Crippen molar-refractivity contribution in [2.45, 2.75) is 39.7 Å². The van der Waals surface area contributed by atoms with Crippen molar-refractivity contribution in [3.8, 4) is 0 Å². The van der Waals surface area contributed by atoms with Gasteiger partial charge in [0.1, 0.15) is 0 Å². The first-order valence-corrected chi connectivity index (χ1v) is 8.93. The van der Waals surface area contributed by atoms with E-state index in [4.69, 9.17) is 4.52 Å². The normalized spacial score (nSPS) is 16.1. The highest BCUT2D eigenvalue weighted by molar-refractivity contribution is 5.78. The van der Waals surface area contributed by atoms with Crippen LogP contribution in [0.2, 0.25) is 0 Å². The van der Waals surface area contributed by atoms with Gasteiger partial charge >= 0.3 is 0 Å². The maximum Gasteiger partial charge on any atom is 0.234 e. The van der Waals surface area contributed by atoms with E-state index in [9.17, 15) is 4.79 Å². The molecule has 1 saturated heterocycles. The minimum atomic E-state index is 0.0931. The number of nitrogens with zero attached hydrogens (tertiary/aromatic N) is 3. The number of hydrogen-bond acceptors (Lipinski definition) is 5. The van der Waals surface area contributed by atoms with Crippen LogP contribution in [0.3, 0.4) is 0 Å². The number of hydrogen-bond donors (Lipinski definition) is 1. The summed E-state index contributed by atoms with van der Waals surface area (Å²) in [6, 6.07) is 8.14. The van der Waals surface area contributed by atoms with Gasteiger partial charge in [-0.25, -0.2) is 0 Å². The molecule has 0 atom stereocenters. The van der Waals surface area contributed by atoms with E-state index in [2.05, 4.69) is 39.4 Å². The number of benzene rings is 1. The van der Waals surface area contributed by atoms with Crippen molar-refractivity contribution < 1.29 is 9.32 Å². The van der Waals surface area contributed by atoms with Gasteiger partial charge in [0.15, 0.2) is 5.82 Å². The summed E-state index contributed by atoms with van der Waals surface area (Å²) in [4.78, 5) is 18.7. The Kier molecular flexibility index (Phi) is 5.81. The summed E-state index contributed by atoms with van der Waals surface area (Å²) in [5.74, 6) is 2.09. The van der Waals surface area contributed by atoms with E-state index < -0.39 is 0 Å². The molecule has 1 amide bonds. The van der Waals surface area contributed by atoms with Gasteiger partial charge in [-0.2, -0.15) is 4.98 Å². The van der Waals surface area contributed by atoms with Crippen LogP contribution in [-0.2, 0) is 17.8 Å². The van der Waals surface area contributed by atoms with Crippen molar-refractivity contribution in [2.75, 3.05) is 19.6 Å². The van der Waals surface area contributed by atoms with Crippen molar-refractivity contribution in [1.82, 2.24) is 20.4 Å². The van der Waals surface area contributed by atoms with Crippen LogP contribution >= 0.6 is 0 Å². The quantitative estimate of drug-likeness (QED) is 0.872. The molecule has 1 aliphatic heterocycles. The number of rotatable bonds is 6. The third-order valence-corrected chi connectivity index (χ3v) is 4.85. The molecular formula is C19H26N4O2. The minimum absolute atomic E-state index is 0.0931. The molecule has 3 rings (SSSR count). The van der Waals surface area contributed by atoms with Crippen LogP contribution in [0.5, 0.6) is 0 Å². The molecular weight excluding hydrogens is 316 g/mol. The molecule has 0 bridgehead atoms. The van der Waals surface area contributed by atoms with E-state index in [-0.39, 0.29) is 5.91 Å². The summed E-state index contributed by atoms with van der Waals surface area (Å²) in [6.45, 7) is 6.84. The summed E-state index contributed by atoms with van der Waals surface area (Å²) in [5, 5.41) is 7.00. The fourth-order valence-electron chi connectivity index (χ4n) is 3.29. The second kappa shape index (κ2) is 8.25. The molecule has 1 aliphatic rings. The van der Waals surface area contributed by atoms with Gasteiger partial charge in [-0.1, -0.05) is 29.4 Å². The molecule has 0 spiro atoms. The predicted octanol–water partition coefficient (Wildman–Crippen LogP) is 2.26. The number of carbonyl (C=O) groups is 1. The van der Waals surface area contributed by atoms with Gasteiger partial charge in [-0.15, -0.1) is 0 Å². The van der Waals surface area contributed by atoms with Crippen LogP contribution in [0.4, 0.5) is 0 Å². The first-order chi connectivity index (χ1) is 12.1. The van der Waals surface area contributed by atoms with E-state index in [1.165, 1.54) is 11.1 Å². The molecule has 0 radical (unpaired) electrons. The molecule has 1 aromatic heterocycles. The Morgan fingerprint density at radius 2 is 2.04 bits per heavy atom. The Bertz CT molecular complexity index is 705. The third-order valence-electron chi connectivity index (χ3n) is 4.85. The number of amides is 1. The van der Waals surface area contributed by atoms with Crippen molar-refractivity contribution >= 4 is 5.91 Å². The number of carbonyl (C=O) groups excluding carboxylic acids is 1. The molecule has 6 heteroatoms. The molecule has 0 aliphatic carbocycles. The number of aromatic nitrogens is 2. The van der Waals surface area contributed by atoms with Crippen molar-refractivity contribution in [1.29, 1.82) is 0 Å². The van der Waals surface area contributed by atoms with Crippen molar-refractivity contribution in [3.63, 3.8) is 0 Å². The minimum Gasteiger partial charge on any atom is -0.351 e. The van der Waals surface area contributed by atoms with E-state index in [1.807, 2.05) is 19.1 Å². The Morgan fingerprint density at radius 1 is 1.28 bits per heavy atom. The summed E-state index contributed by atoms with van der Waals surface area (Å²) < 4.78 is 5.03. The number of nitrogens with one attached hydrogen (secondary N) is 1. The zero-order chi connectivity index (χ0) is 17.6. The fraction of sp³-hybridized carbons (Fsp3) is 0.526. The van der Waals surface area contributed by atoms with Crippen LogP contribution in [-0.4, -0.2) is 40.6 Å². The summed E-state index contributed by atoms with van der Waals surface area (Å²) in [6.07, 6.45) is 3.00. The summed E-state index contributed by atoms with van der Waals surface area (Å²) >= 11 is 0. The standard InChI is InChI=1S/C19H26N4O2/c1-14-5-3-4-6-17(14)12-20-19(24)13-23-9-7-16(8-10-23)11-18-21-15(2)25-22-18/h3-6,16H,7-13H2,1-2H3,(H,20,24). The first kappa shape index (κ1) is 17.6. The van der Waals surface area contributed by atoms with Gasteiger partial charge in [0.05, 0.1) is 6.54 Å². The average Bonchev–Trinajstić information content (AvgIpc) is 3.01. The monoisotopic (exact) mass is 342 g/mol. The average molecular weight is 342 g/mol. The van der Waals surface area contributed by atoms with Gasteiger partial charge in [0, 0.05) is 19.9 Å². The lowest BCUT2D eigenvalue weighted by atomic mass is 9.93. The summed E-state index contributed by atoms with van der Waals surface area (Å²) in [7, 11) is 0. The molecule has 1 fully saturated rings. The summed E-state index contributed by atoms with van der Waals surface area (Å²) in [5.41, 5.74) is 2.38. The molecule has 1 N–H and O–H groups in total. The number of aryl methyl sites for hydroxylation is 2. The van der Waals surface area contributed by atoms with Crippen molar-refractivity contribution in [3.05, 3.63) is 47.1 Å². The highest BCUT2D eigenvalue weighted by Crippen LogP contribution is 2.20. The van der Waals surface area contributed by atoms with Gasteiger partial charge in [-0.05, 0) is 49.9 Å². The lowest BCUT2D eigenvalue weighted by molar-refractivity contribution is -0.122. The first-order valence-electron chi connectivity index (χ1n) is 8.93. The van der Waals surface area contributed by atoms with Crippen molar-refractivity contribution in [2.24, 2.45) is 5.92 Å². The van der Waals surface area contributed by atoms with E-state index >= 15 is 0 Å². The molecule has 0 unspecified atom stereocenters. The van der Waals surface area contributed by atoms with Gasteiger partial charge < -0.3 is 9.84 Å². The number of piperidine rings is 1. The van der Waals surface area contributed by atoms with Gasteiger partial charge in [-0.3, -0.25) is 9.69 Å². The van der Waals surface area contributed by atoms with E-state index in [1.54, 1.807) is 0 Å². The predicted molar refractivity (Wildman–Crippen MR) is 94.9 cm³/mol. The maximum absolute atomic E-state index is 12.2. The SMILES string of the molecule is Cc1nc(CC2CCN(CC(=O)NCc3ccccc3C)CC2)no1. The molecule has 134 valence electrons. The Morgan fingerprint density at radius 3 is 2.72 bits per heavy atom. The lowest BCUT2D eigenvalue weighted by Gasteiger charge is -2.30. The zero-order valence-electron chi connectivity index (χ0n) is 15.0. The lowest BCUT2D eigenvalue weighted by Crippen LogP contribution is -2.41.